The van der Waals surface area contributed by atoms with Gasteiger partial charge >= 0.3 is 0 Å². The summed E-state index contributed by atoms with van der Waals surface area (Å²) in [6.07, 6.45) is 8.30. The van der Waals surface area contributed by atoms with Gasteiger partial charge in [-0.3, -0.25) is 14.9 Å². The number of aryl methyl sites for hydroxylation is 2. The van der Waals surface area contributed by atoms with Crippen LogP contribution in [0.3, 0.4) is 0 Å². The lowest BCUT2D eigenvalue weighted by Gasteiger charge is -2.02. The lowest BCUT2D eigenvalue weighted by molar-refractivity contribution is -0.384. The van der Waals surface area contributed by atoms with Crippen LogP contribution < -0.4 is 4.80 Å². The summed E-state index contributed by atoms with van der Waals surface area (Å²) in [5, 5.41) is 10.8. The number of nitro benzene ring substituents is 1. The number of non-ortho nitro benzene ring substituents is 1. The number of hydrogen-bond donors (Lipinski definition) is 0. The van der Waals surface area contributed by atoms with Gasteiger partial charge in [0, 0.05) is 18.2 Å². The van der Waals surface area contributed by atoms with Gasteiger partial charge in [-0.15, -0.1) is 6.42 Å². The van der Waals surface area contributed by atoms with E-state index in [1.165, 1.54) is 35.6 Å². The summed E-state index contributed by atoms with van der Waals surface area (Å²) in [6.45, 7) is 4.33. The number of thiazole rings is 1. The van der Waals surface area contributed by atoms with Crippen molar-refractivity contribution in [3.05, 3.63) is 74.1 Å². The van der Waals surface area contributed by atoms with Crippen molar-refractivity contribution in [1.29, 1.82) is 0 Å². The van der Waals surface area contributed by atoms with E-state index in [9.17, 15) is 14.9 Å². The fourth-order valence-electron chi connectivity index (χ4n) is 2.88. The van der Waals surface area contributed by atoms with Crippen LogP contribution in [0.4, 0.5) is 5.69 Å². The number of aromatic nitrogens is 1. The Morgan fingerprint density at radius 2 is 2.14 bits per heavy atom. The fourth-order valence-corrected chi connectivity index (χ4v) is 3.97. The minimum atomic E-state index is -0.478. The SMILES string of the molecule is C#CCn1c(=NC(=O)/C=C/c2cccc([N+](=O)[O-])c2)sc2c(C)cc(C)cc21. The zero-order chi connectivity index (χ0) is 20.3. The fraction of sp³-hybridized carbons (Fsp3) is 0.143. The largest absolute Gasteiger partial charge is 0.305 e. The van der Waals surface area contributed by atoms with Gasteiger partial charge in [-0.05, 0) is 42.7 Å². The van der Waals surface area contributed by atoms with Crippen LogP contribution in [0.5, 0.6) is 0 Å². The van der Waals surface area contributed by atoms with Gasteiger partial charge in [-0.25, -0.2) is 0 Å². The van der Waals surface area contributed by atoms with E-state index in [-0.39, 0.29) is 5.69 Å². The molecule has 0 aliphatic heterocycles. The van der Waals surface area contributed by atoms with Gasteiger partial charge < -0.3 is 4.57 Å². The summed E-state index contributed by atoms with van der Waals surface area (Å²) in [7, 11) is 0. The van der Waals surface area contributed by atoms with Crippen LogP contribution in [0.25, 0.3) is 16.3 Å². The third-order valence-electron chi connectivity index (χ3n) is 4.07. The van der Waals surface area contributed by atoms with Crippen molar-refractivity contribution in [3.8, 4) is 12.3 Å². The molecule has 140 valence electrons. The molecule has 0 N–H and O–H groups in total. The summed E-state index contributed by atoms with van der Waals surface area (Å²) >= 11 is 1.41. The highest BCUT2D eigenvalue weighted by molar-refractivity contribution is 7.16. The van der Waals surface area contributed by atoms with Crippen LogP contribution in [-0.4, -0.2) is 15.4 Å². The summed E-state index contributed by atoms with van der Waals surface area (Å²) in [5.41, 5.74) is 3.68. The van der Waals surface area contributed by atoms with Crippen LogP contribution in [0.15, 0.2) is 47.5 Å². The van der Waals surface area contributed by atoms with Crippen LogP contribution in [-0.2, 0) is 11.3 Å². The molecule has 0 atom stereocenters. The van der Waals surface area contributed by atoms with Gasteiger partial charge in [0.25, 0.3) is 11.6 Å². The quantitative estimate of drug-likeness (QED) is 0.292. The van der Waals surface area contributed by atoms with Gasteiger partial charge in [0.05, 0.1) is 21.7 Å². The minimum Gasteiger partial charge on any atom is -0.305 e. The van der Waals surface area contributed by atoms with Gasteiger partial charge in [-0.2, -0.15) is 4.99 Å². The number of amides is 1. The zero-order valence-electron chi connectivity index (χ0n) is 15.4. The molecule has 1 amide bonds. The summed E-state index contributed by atoms with van der Waals surface area (Å²) in [6, 6.07) is 10.1. The molecule has 6 nitrogen and oxygen atoms in total. The smallest absolute Gasteiger partial charge is 0.272 e. The second-order valence-corrected chi connectivity index (χ2v) is 7.22. The maximum Gasteiger partial charge on any atom is 0.272 e. The number of nitro groups is 1. The highest BCUT2D eigenvalue weighted by Gasteiger charge is 2.09. The molecule has 2 aromatic carbocycles. The van der Waals surface area contributed by atoms with E-state index < -0.39 is 10.8 Å². The predicted octanol–water partition coefficient (Wildman–Crippen LogP) is 4.00. The molecule has 0 saturated carbocycles. The van der Waals surface area contributed by atoms with E-state index in [4.69, 9.17) is 6.42 Å². The molecule has 0 aliphatic carbocycles. The van der Waals surface area contributed by atoms with Gasteiger partial charge in [0.1, 0.15) is 0 Å². The second kappa shape index (κ2) is 8.03. The molecular weight excluding hydrogens is 374 g/mol. The number of benzene rings is 2. The number of hydrogen-bond acceptors (Lipinski definition) is 4. The molecule has 0 spiro atoms. The van der Waals surface area contributed by atoms with Crippen molar-refractivity contribution in [2.45, 2.75) is 20.4 Å². The highest BCUT2D eigenvalue weighted by atomic mass is 32.1. The number of rotatable bonds is 4. The number of fused-ring (bicyclic) bond motifs is 1. The van der Waals surface area contributed by atoms with Crippen LogP contribution >= 0.6 is 11.3 Å². The number of terminal acetylenes is 1. The highest BCUT2D eigenvalue weighted by Crippen LogP contribution is 2.23. The normalized spacial score (nSPS) is 11.8. The van der Waals surface area contributed by atoms with Crippen LogP contribution in [0.1, 0.15) is 16.7 Å². The Hall–Kier alpha value is -3.50. The average molecular weight is 391 g/mol. The Balaban J connectivity index is 2.00. The van der Waals surface area contributed by atoms with Crippen molar-refractivity contribution < 1.29 is 9.72 Å². The topological polar surface area (TPSA) is 77.5 Å². The first kappa shape index (κ1) is 19.3. The average Bonchev–Trinajstić information content (AvgIpc) is 2.98. The lowest BCUT2D eigenvalue weighted by atomic mass is 10.1. The predicted molar refractivity (Wildman–Crippen MR) is 111 cm³/mol. The summed E-state index contributed by atoms with van der Waals surface area (Å²) in [5.74, 6) is 2.15. The molecule has 1 aromatic heterocycles. The Bertz CT molecular complexity index is 1230. The first-order valence-corrected chi connectivity index (χ1v) is 9.26. The first-order chi connectivity index (χ1) is 13.4. The molecule has 0 aliphatic rings. The number of nitrogens with zero attached hydrogens (tertiary/aromatic N) is 3. The van der Waals surface area contributed by atoms with Crippen LogP contribution in [0, 0.1) is 36.3 Å². The first-order valence-electron chi connectivity index (χ1n) is 8.44. The Labute approximate surface area is 165 Å². The molecule has 0 saturated heterocycles. The third kappa shape index (κ3) is 4.08. The maximum atomic E-state index is 12.3. The summed E-state index contributed by atoms with van der Waals surface area (Å²) < 4.78 is 2.88. The number of carbonyl (C=O) groups excluding carboxylic acids is 1. The molecule has 3 aromatic rings. The molecule has 1 heterocycles. The van der Waals surface area contributed by atoms with E-state index in [2.05, 4.69) is 17.0 Å². The number of carbonyl (C=O) groups is 1. The third-order valence-corrected chi connectivity index (χ3v) is 5.30. The molecule has 0 fully saturated rings. The Morgan fingerprint density at radius 3 is 2.86 bits per heavy atom. The molecule has 3 rings (SSSR count). The monoisotopic (exact) mass is 391 g/mol. The Kier molecular flexibility index (Phi) is 5.52. The van der Waals surface area contributed by atoms with E-state index in [1.807, 2.05) is 24.5 Å². The molecule has 28 heavy (non-hydrogen) atoms. The van der Waals surface area contributed by atoms with Gasteiger partial charge in [0.2, 0.25) is 0 Å². The van der Waals surface area contributed by atoms with Crippen molar-refractivity contribution in [1.82, 2.24) is 4.57 Å². The van der Waals surface area contributed by atoms with Crippen LogP contribution in [0.2, 0.25) is 0 Å². The standard InChI is InChI=1S/C21H17N3O3S/c1-4-10-23-18-12-14(2)11-15(3)20(18)28-21(23)22-19(25)9-8-16-6-5-7-17(13-16)24(26)27/h1,5-9,11-13H,10H2,2-3H3/b9-8+,22-21?. The molecule has 0 unspecified atom stereocenters. The van der Waals surface area contributed by atoms with Crippen molar-refractivity contribution in [3.63, 3.8) is 0 Å². The van der Waals surface area contributed by atoms with Gasteiger partial charge in [-0.1, -0.05) is 35.5 Å². The lowest BCUT2D eigenvalue weighted by Crippen LogP contribution is -2.15. The molecule has 0 radical (unpaired) electrons. The maximum absolute atomic E-state index is 12.3. The summed E-state index contributed by atoms with van der Waals surface area (Å²) in [4.78, 5) is 27.4. The molecule has 0 bridgehead atoms. The molecular formula is C21H17N3O3S. The van der Waals surface area contributed by atoms with E-state index in [1.54, 1.807) is 12.1 Å². The Morgan fingerprint density at radius 1 is 1.36 bits per heavy atom. The van der Waals surface area contributed by atoms with Crippen molar-refractivity contribution >= 4 is 39.2 Å². The molecule has 7 heteroatoms. The van der Waals surface area contributed by atoms with Crippen molar-refractivity contribution in [2.75, 3.05) is 0 Å². The van der Waals surface area contributed by atoms with Crippen molar-refractivity contribution in [2.24, 2.45) is 4.99 Å². The second-order valence-electron chi connectivity index (χ2n) is 6.24. The van der Waals surface area contributed by atoms with E-state index in [0.717, 1.165) is 21.3 Å². The van der Waals surface area contributed by atoms with Gasteiger partial charge in [0.15, 0.2) is 4.80 Å². The minimum absolute atomic E-state index is 0.0336. The van der Waals surface area contributed by atoms with E-state index >= 15 is 0 Å². The van der Waals surface area contributed by atoms with E-state index in [0.29, 0.717) is 16.9 Å². The zero-order valence-corrected chi connectivity index (χ0v) is 16.2.